The third-order valence-electron chi connectivity index (χ3n) is 5.24. The molecule has 32 heavy (non-hydrogen) atoms. The Labute approximate surface area is 198 Å². The number of pyridine rings is 1. The van der Waals surface area contributed by atoms with Crippen molar-refractivity contribution in [2.75, 3.05) is 20.1 Å². The van der Waals surface area contributed by atoms with Crippen molar-refractivity contribution >= 4 is 35.2 Å². The topological polar surface area (TPSA) is 88.8 Å². The van der Waals surface area contributed by atoms with Crippen molar-refractivity contribution in [3.05, 3.63) is 50.8 Å². The Bertz CT molecular complexity index is 1070. The highest BCUT2D eigenvalue weighted by Crippen LogP contribution is 2.39. The molecule has 0 fully saturated rings. The van der Waals surface area contributed by atoms with Crippen LogP contribution < -0.4 is 5.73 Å². The zero-order valence-corrected chi connectivity index (χ0v) is 20.5. The molecule has 1 aliphatic rings. The molecule has 9 heteroatoms. The van der Waals surface area contributed by atoms with E-state index >= 15 is 0 Å². The van der Waals surface area contributed by atoms with Crippen molar-refractivity contribution in [2.24, 2.45) is 5.73 Å². The maximum atomic E-state index is 13.4. The molecule has 3 rings (SSSR count). The number of carbonyl (C=O) groups excluding carboxylic acids is 2. The maximum Gasteiger partial charge on any atom is 0.410 e. The van der Waals surface area contributed by atoms with Crippen molar-refractivity contribution < 1.29 is 14.3 Å². The Morgan fingerprint density at radius 3 is 2.56 bits per heavy atom. The van der Waals surface area contributed by atoms with Crippen LogP contribution in [0.5, 0.6) is 0 Å². The predicted octanol–water partition coefficient (Wildman–Crippen LogP) is 4.65. The maximum absolute atomic E-state index is 13.4. The van der Waals surface area contributed by atoms with Crippen LogP contribution in [0.2, 0.25) is 10.0 Å². The van der Waals surface area contributed by atoms with Crippen LogP contribution in [-0.4, -0.2) is 52.5 Å². The molecule has 0 aliphatic carbocycles. The van der Waals surface area contributed by atoms with Gasteiger partial charge in [-0.25, -0.2) is 4.79 Å². The molecule has 172 valence electrons. The van der Waals surface area contributed by atoms with E-state index in [9.17, 15) is 9.59 Å². The van der Waals surface area contributed by atoms with Gasteiger partial charge in [0.05, 0.1) is 17.8 Å². The van der Waals surface area contributed by atoms with Crippen LogP contribution in [0, 0.1) is 6.92 Å². The molecule has 2 amide bonds. The fourth-order valence-electron chi connectivity index (χ4n) is 3.68. The number of benzene rings is 1. The van der Waals surface area contributed by atoms with Gasteiger partial charge in [-0.3, -0.25) is 9.78 Å². The Morgan fingerprint density at radius 1 is 1.28 bits per heavy atom. The van der Waals surface area contributed by atoms with Gasteiger partial charge in [0.2, 0.25) is 0 Å². The summed E-state index contributed by atoms with van der Waals surface area (Å²) in [5, 5.41) is 0.949. The fraction of sp³-hybridized carbons (Fsp3) is 0.435. The van der Waals surface area contributed by atoms with Gasteiger partial charge in [0.25, 0.3) is 5.91 Å². The van der Waals surface area contributed by atoms with E-state index in [0.29, 0.717) is 52.1 Å². The van der Waals surface area contributed by atoms with Gasteiger partial charge in [-0.2, -0.15) is 0 Å². The number of hydrogen-bond acceptors (Lipinski definition) is 5. The molecule has 2 N–H and O–H groups in total. The zero-order chi connectivity index (χ0) is 23.8. The SMILES string of the molecule is Cc1nc2c(c(-c3ccc(Cl)cc3Cl)c1CN)C(=O)N(CCN(C)C(=O)OC(C)(C)C)C2. The number of nitrogens with two attached hydrogens (primary N) is 1. The molecule has 1 aromatic carbocycles. The molecule has 1 aromatic heterocycles. The molecule has 0 atom stereocenters. The number of aromatic nitrogens is 1. The minimum atomic E-state index is -0.585. The first-order chi connectivity index (χ1) is 14.9. The number of hydrogen-bond donors (Lipinski definition) is 1. The lowest BCUT2D eigenvalue weighted by Gasteiger charge is -2.26. The molecule has 1 aliphatic heterocycles. The summed E-state index contributed by atoms with van der Waals surface area (Å²) in [6, 6.07) is 5.18. The molecule has 0 radical (unpaired) electrons. The van der Waals surface area contributed by atoms with Crippen LogP contribution in [0.25, 0.3) is 11.1 Å². The molecule has 0 saturated carbocycles. The van der Waals surface area contributed by atoms with E-state index in [4.69, 9.17) is 33.7 Å². The molecule has 2 heterocycles. The summed E-state index contributed by atoms with van der Waals surface area (Å²) < 4.78 is 5.38. The van der Waals surface area contributed by atoms with Crippen molar-refractivity contribution in [3.8, 4) is 11.1 Å². The molecular weight excluding hydrogens is 451 g/mol. The lowest BCUT2D eigenvalue weighted by Crippen LogP contribution is -2.39. The average molecular weight is 479 g/mol. The van der Waals surface area contributed by atoms with Crippen LogP contribution in [0.15, 0.2) is 18.2 Å². The second-order valence-corrected chi connectivity index (χ2v) is 9.67. The van der Waals surface area contributed by atoms with E-state index in [1.54, 1.807) is 30.1 Å². The smallest absolute Gasteiger partial charge is 0.410 e. The molecule has 0 bridgehead atoms. The Kier molecular flexibility index (Phi) is 7.03. The lowest BCUT2D eigenvalue weighted by molar-refractivity contribution is 0.0279. The summed E-state index contributed by atoms with van der Waals surface area (Å²) in [5.41, 5.74) is 9.54. The Morgan fingerprint density at radius 2 is 1.97 bits per heavy atom. The summed E-state index contributed by atoms with van der Waals surface area (Å²) >= 11 is 12.6. The molecule has 0 unspecified atom stereocenters. The summed E-state index contributed by atoms with van der Waals surface area (Å²) in [7, 11) is 1.65. The first kappa shape index (κ1) is 24.3. The number of halogens is 2. The number of nitrogens with zero attached hydrogens (tertiary/aromatic N) is 3. The van der Waals surface area contributed by atoms with Gasteiger partial charge >= 0.3 is 6.09 Å². The van der Waals surface area contributed by atoms with Crippen molar-refractivity contribution in [3.63, 3.8) is 0 Å². The monoisotopic (exact) mass is 478 g/mol. The fourth-order valence-corrected chi connectivity index (χ4v) is 4.18. The number of likely N-dealkylation sites (N-methyl/N-ethyl adjacent to an activating group) is 1. The molecule has 2 aromatic rings. The number of fused-ring (bicyclic) bond motifs is 1. The van der Waals surface area contributed by atoms with Crippen LogP contribution in [0.3, 0.4) is 0 Å². The van der Waals surface area contributed by atoms with E-state index in [1.165, 1.54) is 4.90 Å². The Hall–Kier alpha value is -2.35. The summed E-state index contributed by atoms with van der Waals surface area (Å²) in [6.45, 7) is 8.54. The molecule has 7 nitrogen and oxygen atoms in total. The van der Waals surface area contributed by atoms with Gasteiger partial charge in [-0.05, 0) is 45.4 Å². The molecule has 0 spiro atoms. The minimum absolute atomic E-state index is 0.166. The van der Waals surface area contributed by atoms with Gasteiger partial charge < -0.3 is 20.3 Å². The van der Waals surface area contributed by atoms with Gasteiger partial charge in [0.15, 0.2) is 0 Å². The van der Waals surface area contributed by atoms with Gasteiger partial charge in [0, 0.05) is 53.5 Å². The summed E-state index contributed by atoms with van der Waals surface area (Å²) in [6.07, 6.45) is -0.435. The number of amides is 2. The van der Waals surface area contributed by atoms with E-state index in [-0.39, 0.29) is 12.5 Å². The normalized spacial score (nSPS) is 13.4. The van der Waals surface area contributed by atoms with Crippen molar-refractivity contribution in [1.82, 2.24) is 14.8 Å². The van der Waals surface area contributed by atoms with Gasteiger partial charge in [-0.1, -0.05) is 29.3 Å². The zero-order valence-electron chi connectivity index (χ0n) is 19.0. The quantitative estimate of drug-likeness (QED) is 0.675. The first-order valence-electron chi connectivity index (χ1n) is 10.3. The van der Waals surface area contributed by atoms with E-state index in [0.717, 1.165) is 11.3 Å². The molecular formula is C23H28Cl2N4O3. The van der Waals surface area contributed by atoms with Crippen molar-refractivity contribution in [2.45, 2.75) is 46.4 Å². The van der Waals surface area contributed by atoms with E-state index < -0.39 is 11.7 Å². The third-order valence-corrected chi connectivity index (χ3v) is 5.78. The third kappa shape index (κ3) is 5.00. The standard InChI is InChI=1S/C23H28Cl2N4O3/c1-13-16(11-26)19(15-7-6-14(24)10-17(15)25)20-18(27-13)12-29(21(20)30)9-8-28(5)22(31)32-23(2,3)4/h6-7,10H,8-9,11-12,26H2,1-5H3. The summed E-state index contributed by atoms with van der Waals surface area (Å²) in [5.74, 6) is -0.166. The minimum Gasteiger partial charge on any atom is -0.444 e. The van der Waals surface area contributed by atoms with E-state index in [2.05, 4.69) is 4.98 Å². The highest BCUT2D eigenvalue weighted by molar-refractivity contribution is 6.36. The predicted molar refractivity (Wildman–Crippen MR) is 126 cm³/mol. The average Bonchev–Trinajstić information content (AvgIpc) is 2.99. The van der Waals surface area contributed by atoms with Crippen LogP contribution in [-0.2, 0) is 17.8 Å². The highest BCUT2D eigenvalue weighted by Gasteiger charge is 2.34. The first-order valence-corrected chi connectivity index (χ1v) is 11.1. The highest BCUT2D eigenvalue weighted by atomic mass is 35.5. The van der Waals surface area contributed by atoms with Crippen LogP contribution >= 0.6 is 23.2 Å². The number of aryl methyl sites for hydroxylation is 1. The lowest BCUT2D eigenvalue weighted by atomic mass is 9.93. The summed E-state index contributed by atoms with van der Waals surface area (Å²) in [4.78, 5) is 33.4. The number of ether oxygens (including phenoxy) is 1. The van der Waals surface area contributed by atoms with Gasteiger partial charge in [0.1, 0.15) is 5.60 Å². The van der Waals surface area contributed by atoms with E-state index in [1.807, 2.05) is 27.7 Å². The van der Waals surface area contributed by atoms with Gasteiger partial charge in [-0.15, -0.1) is 0 Å². The van der Waals surface area contributed by atoms with Crippen LogP contribution in [0.4, 0.5) is 4.79 Å². The van der Waals surface area contributed by atoms with Crippen LogP contribution in [0.1, 0.15) is 48.1 Å². The largest absolute Gasteiger partial charge is 0.444 e. The Balaban J connectivity index is 1.90. The van der Waals surface area contributed by atoms with Crippen molar-refractivity contribution in [1.29, 1.82) is 0 Å². The number of rotatable bonds is 5. The second kappa shape index (κ2) is 9.25. The second-order valence-electron chi connectivity index (χ2n) is 8.83. The molecule has 0 saturated heterocycles. The number of carbonyl (C=O) groups is 2.